The van der Waals surface area contributed by atoms with E-state index >= 15 is 0 Å². The molecule has 6 heteroatoms. The predicted octanol–water partition coefficient (Wildman–Crippen LogP) is 1.79. The molecular formula is C12H15F2N3O. The summed E-state index contributed by atoms with van der Waals surface area (Å²) in [6.07, 6.45) is 0. The molecule has 0 aliphatic carbocycles. The van der Waals surface area contributed by atoms with Gasteiger partial charge in [0.1, 0.15) is 11.6 Å². The van der Waals surface area contributed by atoms with Gasteiger partial charge in [0.2, 0.25) is 0 Å². The number of benzene rings is 1. The summed E-state index contributed by atoms with van der Waals surface area (Å²) in [7, 11) is 0. The number of halogens is 2. The summed E-state index contributed by atoms with van der Waals surface area (Å²) in [4.78, 5) is 13.5. The van der Waals surface area contributed by atoms with Gasteiger partial charge in [-0.05, 0) is 19.1 Å². The second-order valence-corrected chi connectivity index (χ2v) is 4.36. The molecule has 1 aromatic rings. The van der Waals surface area contributed by atoms with Crippen molar-refractivity contribution in [1.82, 2.24) is 10.2 Å². The minimum atomic E-state index is -0.772. The molecule has 0 aromatic heterocycles. The first-order valence-corrected chi connectivity index (χ1v) is 5.80. The molecule has 1 atom stereocenters. The van der Waals surface area contributed by atoms with Crippen molar-refractivity contribution in [2.45, 2.75) is 13.0 Å². The molecule has 2 amide bonds. The Bertz CT molecular complexity index is 453. The number of carbonyl (C=O) groups excluding carboxylic acids is 1. The monoisotopic (exact) mass is 255 g/mol. The highest BCUT2D eigenvalue weighted by Crippen LogP contribution is 2.15. The van der Waals surface area contributed by atoms with Crippen LogP contribution >= 0.6 is 0 Å². The van der Waals surface area contributed by atoms with Crippen molar-refractivity contribution >= 4 is 11.7 Å². The Morgan fingerprint density at radius 2 is 2.28 bits per heavy atom. The maximum absolute atomic E-state index is 13.4. The number of amides is 2. The zero-order valence-electron chi connectivity index (χ0n) is 10.0. The molecular weight excluding hydrogens is 240 g/mol. The largest absolute Gasteiger partial charge is 0.322 e. The van der Waals surface area contributed by atoms with E-state index in [1.165, 1.54) is 6.07 Å². The molecule has 2 rings (SSSR count). The first-order valence-electron chi connectivity index (χ1n) is 5.80. The van der Waals surface area contributed by atoms with Crippen molar-refractivity contribution in [3.05, 3.63) is 29.8 Å². The van der Waals surface area contributed by atoms with Crippen molar-refractivity contribution in [1.29, 1.82) is 0 Å². The van der Waals surface area contributed by atoms with Gasteiger partial charge in [-0.1, -0.05) is 0 Å². The molecule has 1 heterocycles. The lowest BCUT2D eigenvalue weighted by molar-refractivity contribution is 0.192. The number of hydrogen-bond acceptors (Lipinski definition) is 2. The van der Waals surface area contributed by atoms with Gasteiger partial charge in [-0.25, -0.2) is 13.6 Å². The quantitative estimate of drug-likeness (QED) is 0.803. The number of carbonyl (C=O) groups is 1. The summed E-state index contributed by atoms with van der Waals surface area (Å²) in [5.41, 5.74) is -0.00687. The zero-order chi connectivity index (χ0) is 13.1. The number of anilines is 1. The van der Waals surface area contributed by atoms with E-state index in [1.807, 2.05) is 6.92 Å². The summed E-state index contributed by atoms with van der Waals surface area (Å²) < 4.78 is 26.1. The lowest BCUT2D eigenvalue weighted by Gasteiger charge is -2.31. The van der Waals surface area contributed by atoms with Gasteiger partial charge in [-0.15, -0.1) is 0 Å². The third-order valence-electron chi connectivity index (χ3n) is 2.83. The standard InChI is InChI=1S/C12H15F2N3O/c1-8-7-17(5-4-15-8)12(18)16-11-3-2-9(13)6-10(11)14/h2-3,6,8,15H,4-5,7H2,1H3,(H,16,18). The fourth-order valence-electron chi connectivity index (χ4n) is 1.90. The molecule has 0 saturated carbocycles. The molecule has 1 unspecified atom stereocenters. The first kappa shape index (κ1) is 12.8. The maximum atomic E-state index is 13.4. The molecule has 0 spiro atoms. The summed E-state index contributed by atoms with van der Waals surface area (Å²) in [5, 5.41) is 5.65. The summed E-state index contributed by atoms with van der Waals surface area (Å²) in [6.45, 7) is 3.81. The van der Waals surface area contributed by atoms with Gasteiger partial charge >= 0.3 is 6.03 Å². The van der Waals surface area contributed by atoms with E-state index < -0.39 is 11.6 Å². The van der Waals surface area contributed by atoms with Crippen LogP contribution in [-0.2, 0) is 0 Å². The minimum absolute atomic E-state index is 0.00687. The van der Waals surface area contributed by atoms with Crippen LogP contribution < -0.4 is 10.6 Å². The van der Waals surface area contributed by atoms with Gasteiger partial charge in [0.25, 0.3) is 0 Å². The first-order chi connectivity index (χ1) is 8.56. The van der Waals surface area contributed by atoms with Crippen LogP contribution in [0.5, 0.6) is 0 Å². The minimum Gasteiger partial charge on any atom is -0.322 e. The average molecular weight is 255 g/mol. The Balaban J connectivity index is 2.02. The summed E-state index contributed by atoms with van der Waals surface area (Å²) in [6, 6.07) is 2.92. The van der Waals surface area contributed by atoms with Crippen LogP contribution in [0.2, 0.25) is 0 Å². The lowest BCUT2D eigenvalue weighted by Crippen LogP contribution is -2.52. The number of urea groups is 1. The Kier molecular flexibility index (Phi) is 3.76. The van der Waals surface area contributed by atoms with Gasteiger partial charge in [0.15, 0.2) is 0 Å². The number of hydrogen-bond donors (Lipinski definition) is 2. The topological polar surface area (TPSA) is 44.4 Å². The molecule has 98 valence electrons. The van der Waals surface area contributed by atoms with Gasteiger partial charge in [0, 0.05) is 31.7 Å². The zero-order valence-corrected chi connectivity index (χ0v) is 10.0. The number of nitrogens with one attached hydrogen (secondary N) is 2. The molecule has 1 aliphatic heterocycles. The van der Waals surface area contributed by atoms with Crippen molar-refractivity contribution in [2.75, 3.05) is 25.0 Å². The van der Waals surface area contributed by atoms with E-state index in [-0.39, 0.29) is 17.8 Å². The van der Waals surface area contributed by atoms with Crippen molar-refractivity contribution in [3.63, 3.8) is 0 Å². The Hall–Kier alpha value is -1.69. The molecule has 2 N–H and O–H groups in total. The lowest BCUT2D eigenvalue weighted by atomic mass is 10.2. The normalized spacial score (nSPS) is 19.7. The number of nitrogens with zero attached hydrogens (tertiary/aromatic N) is 1. The van der Waals surface area contributed by atoms with Crippen molar-refractivity contribution in [3.8, 4) is 0 Å². The molecule has 4 nitrogen and oxygen atoms in total. The molecule has 1 aromatic carbocycles. The van der Waals surface area contributed by atoms with E-state index in [4.69, 9.17) is 0 Å². The second-order valence-electron chi connectivity index (χ2n) is 4.36. The van der Waals surface area contributed by atoms with Crippen LogP contribution in [0.25, 0.3) is 0 Å². The smallest absolute Gasteiger partial charge is 0.322 e. The molecule has 1 fully saturated rings. The van der Waals surface area contributed by atoms with Crippen LogP contribution in [-0.4, -0.2) is 36.6 Å². The number of rotatable bonds is 1. The predicted molar refractivity (Wildman–Crippen MR) is 64.4 cm³/mol. The highest BCUT2D eigenvalue weighted by Gasteiger charge is 2.21. The van der Waals surface area contributed by atoms with E-state index in [0.29, 0.717) is 19.6 Å². The van der Waals surface area contributed by atoms with E-state index in [1.54, 1.807) is 4.90 Å². The van der Waals surface area contributed by atoms with Gasteiger partial charge < -0.3 is 15.5 Å². The van der Waals surface area contributed by atoms with Gasteiger partial charge in [0.05, 0.1) is 5.69 Å². The highest BCUT2D eigenvalue weighted by atomic mass is 19.1. The Morgan fingerprint density at radius 1 is 1.50 bits per heavy atom. The Labute approximate surface area is 104 Å². The van der Waals surface area contributed by atoms with E-state index in [0.717, 1.165) is 12.1 Å². The van der Waals surface area contributed by atoms with Crippen LogP contribution in [0.3, 0.4) is 0 Å². The highest BCUT2D eigenvalue weighted by molar-refractivity contribution is 5.89. The molecule has 1 aliphatic rings. The van der Waals surface area contributed by atoms with Crippen LogP contribution in [0, 0.1) is 11.6 Å². The van der Waals surface area contributed by atoms with Crippen molar-refractivity contribution < 1.29 is 13.6 Å². The van der Waals surface area contributed by atoms with Crippen LogP contribution in [0.15, 0.2) is 18.2 Å². The summed E-state index contributed by atoms with van der Waals surface area (Å²) >= 11 is 0. The molecule has 18 heavy (non-hydrogen) atoms. The maximum Gasteiger partial charge on any atom is 0.322 e. The number of piperazine rings is 1. The van der Waals surface area contributed by atoms with Gasteiger partial charge in [-0.2, -0.15) is 0 Å². The molecule has 1 saturated heterocycles. The Morgan fingerprint density at radius 3 is 2.94 bits per heavy atom. The fourth-order valence-corrected chi connectivity index (χ4v) is 1.90. The third-order valence-corrected chi connectivity index (χ3v) is 2.83. The third kappa shape index (κ3) is 2.95. The molecule has 0 radical (unpaired) electrons. The van der Waals surface area contributed by atoms with Crippen LogP contribution in [0.4, 0.5) is 19.3 Å². The van der Waals surface area contributed by atoms with E-state index in [9.17, 15) is 13.6 Å². The fraction of sp³-hybridized carbons (Fsp3) is 0.417. The van der Waals surface area contributed by atoms with Crippen molar-refractivity contribution in [2.24, 2.45) is 0 Å². The molecule has 0 bridgehead atoms. The second kappa shape index (κ2) is 5.30. The van der Waals surface area contributed by atoms with Gasteiger partial charge in [-0.3, -0.25) is 0 Å². The SMILES string of the molecule is CC1CN(C(=O)Nc2ccc(F)cc2F)CCN1. The summed E-state index contributed by atoms with van der Waals surface area (Å²) in [5.74, 6) is -1.44. The van der Waals surface area contributed by atoms with E-state index in [2.05, 4.69) is 10.6 Å². The van der Waals surface area contributed by atoms with Crippen LogP contribution in [0.1, 0.15) is 6.92 Å². The average Bonchev–Trinajstić information content (AvgIpc) is 2.32.